The summed E-state index contributed by atoms with van der Waals surface area (Å²) in [5.74, 6) is 0. The summed E-state index contributed by atoms with van der Waals surface area (Å²) in [7, 11) is -13.5. The lowest BCUT2D eigenvalue weighted by Gasteiger charge is -2.08. The Labute approximate surface area is 348 Å². The van der Waals surface area contributed by atoms with Gasteiger partial charge in [0.1, 0.15) is 0 Å². The maximum Gasteiger partial charge on any atom is 0.294 e. The molecule has 0 atom stereocenters. The molecule has 9 rings (SSSR count). The summed E-state index contributed by atoms with van der Waals surface area (Å²) in [4.78, 5) is 16.4. The van der Waals surface area contributed by atoms with Gasteiger partial charge in [0.2, 0.25) is 0 Å². The molecule has 2 aliphatic heterocycles. The number of rotatable bonds is 7. The van der Waals surface area contributed by atoms with Crippen LogP contribution in [0.3, 0.4) is 0 Å². The second-order valence-electron chi connectivity index (χ2n) is 14.1. The lowest BCUT2D eigenvalue weighted by atomic mass is 10.0. The lowest BCUT2D eigenvalue weighted by Crippen LogP contribution is -1.97. The van der Waals surface area contributed by atoms with Crippen LogP contribution in [0.15, 0.2) is 136 Å². The molecule has 17 heteroatoms. The number of nitrogens with one attached hydrogen (secondary N) is 2. The predicted octanol–water partition coefficient (Wildman–Crippen LogP) is 8.65. The van der Waals surface area contributed by atoms with Gasteiger partial charge in [-0.15, -0.1) is 0 Å². The van der Waals surface area contributed by atoms with Crippen LogP contribution in [0.25, 0.3) is 90.9 Å². The van der Waals surface area contributed by atoms with E-state index in [2.05, 4.69) is 9.97 Å². The van der Waals surface area contributed by atoms with Gasteiger partial charge in [0.15, 0.2) is 0 Å². The van der Waals surface area contributed by atoms with Crippen molar-refractivity contribution in [3.8, 4) is 44.5 Å². The van der Waals surface area contributed by atoms with Crippen molar-refractivity contribution in [3.05, 3.63) is 144 Å². The van der Waals surface area contributed by atoms with E-state index in [1.165, 1.54) is 36.4 Å². The molecular formula is C44H31N5O9S3. The van der Waals surface area contributed by atoms with E-state index in [-0.39, 0.29) is 14.7 Å². The highest BCUT2D eigenvalue weighted by Gasteiger charge is 2.21. The number of hydrogen-bond donors (Lipinski definition) is 6. The second kappa shape index (κ2) is 14.6. The van der Waals surface area contributed by atoms with Crippen LogP contribution in [-0.4, -0.2) is 58.8 Å². The van der Waals surface area contributed by atoms with Crippen molar-refractivity contribution in [1.29, 1.82) is 0 Å². The van der Waals surface area contributed by atoms with Gasteiger partial charge in [-0.25, -0.2) is 9.97 Å². The number of nitrogens with two attached hydrogens (primary N) is 1. The highest BCUT2D eigenvalue weighted by atomic mass is 32.2. The summed E-state index contributed by atoms with van der Waals surface area (Å²) in [6, 6.07) is 31.8. The molecule has 7 aromatic rings. The van der Waals surface area contributed by atoms with Gasteiger partial charge >= 0.3 is 0 Å². The SMILES string of the molecule is Nc1ccc(-c2c3nc(c(-c4ccc(S(=O)(=O)O)cc4)c4ccc([nH]4)c(-c4ccc(S(=O)(=O)O)cc4)c4nc(c(-c5ccc(S(=O)(=O)O)cc5)c5ccc2[nH]5)C=C4)C=C3)cc1. The molecule has 0 spiro atoms. The maximum atomic E-state index is 12.0. The van der Waals surface area contributed by atoms with Crippen LogP contribution in [0.2, 0.25) is 0 Å². The number of nitrogens with zero attached hydrogens (tertiary/aromatic N) is 2. The standard InChI is InChI=1S/C44H31N5O9S3/c45-29-9-1-25(2-10-29)41-33-17-19-35(46-33)42(26-3-11-30(12-4-26)59(50,51)52)37-21-23-39(48-37)44(28-7-15-32(16-8-28)61(56,57)58)40-24-22-38(49-40)43(36-20-18-34(41)47-36)27-5-13-31(14-6-27)60(53,54)55/h1-24,46,49H,45H2,(H,50,51,52)(H,53,54,55)(H,56,57,58). The number of aromatic nitrogens is 4. The Bertz CT molecular complexity index is 3450. The average Bonchev–Trinajstić information content (AvgIpc) is 4.06. The molecule has 61 heavy (non-hydrogen) atoms. The third-order valence-electron chi connectivity index (χ3n) is 10.3. The Hall–Kier alpha value is -6.99. The van der Waals surface area contributed by atoms with Crippen LogP contribution >= 0.6 is 0 Å². The molecule has 0 amide bonds. The fourth-order valence-corrected chi connectivity index (χ4v) is 8.89. The van der Waals surface area contributed by atoms with Crippen molar-refractivity contribution in [2.75, 3.05) is 5.73 Å². The molecule has 0 unspecified atom stereocenters. The van der Waals surface area contributed by atoms with Crippen molar-refractivity contribution >= 4 is 82.4 Å². The van der Waals surface area contributed by atoms with Crippen molar-refractivity contribution in [3.63, 3.8) is 0 Å². The summed E-state index contributed by atoms with van der Waals surface area (Å²) in [5, 5.41) is 0. The summed E-state index contributed by atoms with van der Waals surface area (Å²) >= 11 is 0. The van der Waals surface area contributed by atoms with E-state index in [4.69, 9.17) is 15.7 Å². The summed E-state index contributed by atoms with van der Waals surface area (Å²) in [6.45, 7) is 0. The molecule has 7 N–H and O–H groups in total. The van der Waals surface area contributed by atoms with Gasteiger partial charge in [-0.05, 0) is 119 Å². The minimum Gasteiger partial charge on any atom is -0.399 e. The van der Waals surface area contributed by atoms with E-state index in [0.29, 0.717) is 89.5 Å². The first-order valence-corrected chi connectivity index (χ1v) is 22.6. The van der Waals surface area contributed by atoms with Crippen LogP contribution < -0.4 is 5.73 Å². The van der Waals surface area contributed by atoms with Crippen molar-refractivity contribution in [2.45, 2.75) is 14.7 Å². The van der Waals surface area contributed by atoms with Crippen LogP contribution in [0.4, 0.5) is 5.69 Å². The predicted molar refractivity (Wildman–Crippen MR) is 234 cm³/mol. The fraction of sp³-hybridized carbons (Fsp3) is 0. The Morgan fingerprint density at radius 1 is 0.361 bits per heavy atom. The number of aromatic amines is 2. The number of anilines is 1. The Kier molecular flexibility index (Phi) is 9.46. The first-order chi connectivity index (χ1) is 29.0. The second-order valence-corrected chi connectivity index (χ2v) is 18.4. The van der Waals surface area contributed by atoms with E-state index < -0.39 is 30.4 Å². The number of nitrogen functional groups attached to an aromatic ring is 1. The molecule has 5 heterocycles. The number of H-pyrrole nitrogens is 2. The average molecular weight is 870 g/mol. The number of benzene rings is 4. The van der Waals surface area contributed by atoms with Crippen molar-refractivity contribution in [1.82, 2.24) is 19.9 Å². The van der Waals surface area contributed by atoms with Crippen LogP contribution in [0.1, 0.15) is 22.8 Å². The number of hydrogen-bond acceptors (Lipinski definition) is 9. The summed E-state index contributed by atoms with van der Waals surface area (Å²) in [6.07, 6.45) is 7.26. The molecule has 0 radical (unpaired) electrons. The van der Waals surface area contributed by atoms with E-state index in [9.17, 15) is 38.9 Å². The van der Waals surface area contributed by atoms with Crippen LogP contribution in [0, 0.1) is 0 Å². The molecule has 0 saturated carbocycles. The maximum absolute atomic E-state index is 12.0. The largest absolute Gasteiger partial charge is 0.399 e. The minimum atomic E-state index is -4.51. The summed E-state index contributed by atoms with van der Waals surface area (Å²) < 4.78 is 101. The Morgan fingerprint density at radius 2 is 0.590 bits per heavy atom. The normalized spacial score (nSPS) is 12.8. The first kappa shape index (κ1) is 39.5. The highest BCUT2D eigenvalue weighted by molar-refractivity contribution is 7.86. The van der Waals surface area contributed by atoms with Gasteiger partial charge in [0, 0.05) is 50.0 Å². The zero-order valence-corrected chi connectivity index (χ0v) is 33.8. The zero-order chi connectivity index (χ0) is 42.8. The van der Waals surface area contributed by atoms with Gasteiger partial charge in [0.05, 0.1) is 37.5 Å². The topological polar surface area (TPSA) is 246 Å². The molecule has 14 nitrogen and oxygen atoms in total. The molecule has 0 saturated heterocycles. The van der Waals surface area contributed by atoms with Crippen molar-refractivity contribution < 1.29 is 38.9 Å². The van der Waals surface area contributed by atoms with Gasteiger partial charge in [0.25, 0.3) is 30.4 Å². The molecule has 304 valence electrons. The lowest BCUT2D eigenvalue weighted by molar-refractivity contribution is 0.481. The zero-order valence-electron chi connectivity index (χ0n) is 31.3. The van der Waals surface area contributed by atoms with E-state index in [1.54, 1.807) is 60.7 Å². The highest BCUT2D eigenvalue weighted by Crippen LogP contribution is 2.39. The molecule has 8 bridgehead atoms. The molecular weight excluding hydrogens is 839 g/mol. The quantitative estimate of drug-likeness (QED) is 0.0651. The molecule has 3 aromatic heterocycles. The smallest absolute Gasteiger partial charge is 0.294 e. The monoisotopic (exact) mass is 869 g/mol. The molecule has 2 aliphatic rings. The van der Waals surface area contributed by atoms with Gasteiger partial charge in [-0.3, -0.25) is 13.7 Å². The molecule has 4 aromatic carbocycles. The van der Waals surface area contributed by atoms with Crippen molar-refractivity contribution in [2.24, 2.45) is 0 Å². The molecule has 0 aliphatic carbocycles. The van der Waals surface area contributed by atoms with E-state index >= 15 is 0 Å². The van der Waals surface area contributed by atoms with Crippen LogP contribution in [0.5, 0.6) is 0 Å². The molecule has 0 fully saturated rings. The first-order valence-electron chi connectivity index (χ1n) is 18.3. The van der Waals surface area contributed by atoms with Gasteiger partial charge < -0.3 is 15.7 Å². The van der Waals surface area contributed by atoms with Crippen LogP contribution in [-0.2, 0) is 30.4 Å². The number of fused-ring (bicyclic) bond motifs is 8. The minimum absolute atomic E-state index is 0.289. The fourth-order valence-electron chi connectivity index (χ4n) is 7.45. The third kappa shape index (κ3) is 7.57. The third-order valence-corrected chi connectivity index (χ3v) is 12.9. The van der Waals surface area contributed by atoms with E-state index in [1.807, 2.05) is 48.6 Å². The van der Waals surface area contributed by atoms with E-state index in [0.717, 1.165) is 5.56 Å². The Morgan fingerprint density at radius 3 is 0.820 bits per heavy atom. The van der Waals surface area contributed by atoms with Gasteiger partial charge in [-0.1, -0.05) is 48.5 Å². The van der Waals surface area contributed by atoms with Gasteiger partial charge in [-0.2, -0.15) is 25.3 Å². The summed E-state index contributed by atoms with van der Waals surface area (Å²) in [5.41, 5.74) is 15.9. The Balaban J connectivity index is 1.44.